The lowest BCUT2D eigenvalue weighted by molar-refractivity contribution is -0.117. The van der Waals surface area contributed by atoms with E-state index in [9.17, 15) is 9.59 Å². The normalized spacial score (nSPS) is 11.4. The molecule has 3 aromatic carbocycles. The first-order chi connectivity index (χ1) is 17.9. The summed E-state index contributed by atoms with van der Waals surface area (Å²) in [6.07, 6.45) is 3.02. The van der Waals surface area contributed by atoms with Gasteiger partial charge >= 0.3 is 0 Å². The van der Waals surface area contributed by atoms with Gasteiger partial charge in [0.05, 0.1) is 6.21 Å². The second kappa shape index (κ2) is 12.2. The summed E-state index contributed by atoms with van der Waals surface area (Å²) < 4.78 is 6.94. The predicted octanol–water partition coefficient (Wildman–Crippen LogP) is 5.54. The fraction of sp³-hybridized carbons (Fsp3) is 0.0690. The van der Waals surface area contributed by atoms with Gasteiger partial charge in [0.25, 0.3) is 11.8 Å². The minimum atomic E-state index is -0.568. The van der Waals surface area contributed by atoms with E-state index in [4.69, 9.17) is 4.42 Å². The number of halogens is 1. The summed E-state index contributed by atoms with van der Waals surface area (Å²) in [6, 6.07) is 27.8. The average Bonchev–Trinajstić information content (AvgIpc) is 3.38. The summed E-state index contributed by atoms with van der Waals surface area (Å²) in [4.78, 5) is 27.7. The number of benzene rings is 3. The molecule has 0 bridgehead atoms. The summed E-state index contributed by atoms with van der Waals surface area (Å²) in [6.45, 7) is 0. The van der Waals surface area contributed by atoms with Crippen molar-refractivity contribution in [2.24, 2.45) is 5.10 Å². The number of furan rings is 1. The maximum Gasteiger partial charge on any atom is 0.287 e. The van der Waals surface area contributed by atoms with E-state index >= 15 is 0 Å². The summed E-state index contributed by atoms with van der Waals surface area (Å²) in [5.74, 6) is 0.207. The van der Waals surface area contributed by atoms with E-state index in [0.29, 0.717) is 17.1 Å². The van der Waals surface area contributed by atoms with Crippen LogP contribution in [0.25, 0.3) is 17.4 Å². The zero-order valence-corrected chi connectivity index (χ0v) is 22.5. The van der Waals surface area contributed by atoms with Crippen LogP contribution >= 0.6 is 22.6 Å². The summed E-state index contributed by atoms with van der Waals surface area (Å²) in [7, 11) is 3.90. The molecule has 0 aliphatic carbocycles. The van der Waals surface area contributed by atoms with E-state index in [0.717, 1.165) is 20.4 Å². The fourth-order valence-electron chi connectivity index (χ4n) is 3.38. The molecule has 1 heterocycles. The monoisotopic (exact) mass is 604 g/mol. The van der Waals surface area contributed by atoms with Crippen LogP contribution in [0.15, 0.2) is 106 Å². The Kier molecular flexibility index (Phi) is 8.52. The highest BCUT2D eigenvalue weighted by Gasteiger charge is 2.14. The molecule has 8 heteroatoms. The Hall–Kier alpha value is -4.18. The Bertz CT molecular complexity index is 1420. The number of nitrogens with zero attached hydrogens (tertiary/aromatic N) is 2. The number of anilines is 1. The molecule has 2 N–H and O–H groups in total. The number of carbonyl (C=O) groups excluding carboxylic acids is 2. The van der Waals surface area contributed by atoms with E-state index in [2.05, 4.69) is 38.4 Å². The van der Waals surface area contributed by atoms with Crippen LogP contribution in [0.2, 0.25) is 0 Å². The number of amides is 2. The van der Waals surface area contributed by atoms with Crippen molar-refractivity contribution < 1.29 is 14.0 Å². The standard InChI is InChI=1S/C29H25IN4O3/c1-34(2)24-14-8-20(9-15-24)18-26(32-28(35)22-6-4-3-5-7-22)29(36)33-31-19-25-16-17-27(37-25)21-10-12-23(30)13-11-21/h3-19H,1-2H3,(H,32,35)(H,33,36)/b26-18+,31-19-. The molecular formula is C29H25IN4O3. The molecule has 0 aliphatic rings. The molecule has 186 valence electrons. The van der Waals surface area contributed by atoms with E-state index in [1.165, 1.54) is 6.21 Å². The number of hydrogen-bond acceptors (Lipinski definition) is 5. The second-order valence-electron chi connectivity index (χ2n) is 8.27. The van der Waals surface area contributed by atoms with Gasteiger partial charge in [-0.1, -0.05) is 42.5 Å². The van der Waals surface area contributed by atoms with Gasteiger partial charge in [-0.3, -0.25) is 9.59 Å². The van der Waals surface area contributed by atoms with Crippen molar-refractivity contribution in [3.8, 4) is 11.3 Å². The lowest BCUT2D eigenvalue weighted by Gasteiger charge is -2.12. The van der Waals surface area contributed by atoms with Crippen LogP contribution in [0.4, 0.5) is 5.69 Å². The van der Waals surface area contributed by atoms with Crippen molar-refractivity contribution in [3.63, 3.8) is 0 Å². The van der Waals surface area contributed by atoms with E-state index in [1.54, 1.807) is 36.4 Å². The molecule has 0 atom stereocenters. The molecule has 2 amide bonds. The quantitative estimate of drug-likeness (QED) is 0.120. The summed E-state index contributed by atoms with van der Waals surface area (Å²) in [5.41, 5.74) is 5.68. The Morgan fingerprint density at radius 3 is 2.27 bits per heavy atom. The maximum absolute atomic E-state index is 13.0. The zero-order chi connectivity index (χ0) is 26.2. The summed E-state index contributed by atoms with van der Waals surface area (Å²) >= 11 is 2.25. The Morgan fingerprint density at radius 2 is 1.59 bits per heavy atom. The largest absolute Gasteiger partial charge is 0.455 e. The molecular weight excluding hydrogens is 579 g/mol. The van der Waals surface area contributed by atoms with Gasteiger partial charge in [0.15, 0.2) is 0 Å². The average molecular weight is 604 g/mol. The highest BCUT2D eigenvalue weighted by Crippen LogP contribution is 2.22. The molecule has 4 aromatic rings. The van der Waals surface area contributed by atoms with Gasteiger partial charge in [-0.2, -0.15) is 5.10 Å². The number of hydrogen-bond donors (Lipinski definition) is 2. The lowest BCUT2D eigenvalue weighted by atomic mass is 10.1. The minimum Gasteiger partial charge on any atom is -0.455 e. The Balaban J connectivity index is 1.50. The molecule has 0 spiro atoms. The van der Waals surface area contributed by atoms with Gasteiger partial charge in [-0.05, 0) is 82.8 Å². The smallest absolute Gasteiger partial charge is 0.287 e. The first kappa shape index (κ1) is 25.9. The minimum absolute atomic E-state index is 0.0580. The van der Waals surface area contributed by atoms with Gasteiger partial charge in [-0.15, -0.1) is 0 Å². The van der Waals surface area contributed by atoms with Crippen LogP contribution in [0.3, 0.4) is 0 Å². The van der Waals surface area contributed by atoms with Crippen molar-refractivity contribution in [1.82, 2.24) is 10.7 Å². The summed E-state index contributed by atoms with van der Waals surface area (Å²) in [5, 5.41) is 6.72. The molecule has 0 aliphatic heterocycles. The molecule has 0 saturated carbocycles. The van der Waals surface area contributed by atoms with Gasteiger partial charge in [0, 0.05) is 34.5 Å². The molecule has 7 nitrogen and oxygen atoms in total. The van der Waals surface area contributed by atoms with Gasteiger partial charge in [0.1, 0.15) is 17.2 Å². The van der Waals surface area contributed by atoms with E-state index in [-0.39, 0.29) is 5.70 Å². The van der Waals surface area contributed by atoms with Crippen molar-refractivity contribution in [2.45, 2.75) is 0 Å². The number of nitrogens with one attached hydrogen (secondary N) is 2. The van der Waals surface area contributed by atoms with Crippen molar-refractivity contribution in [2.75, 3.05) is 19.0 Å². The molecule has 37 heavy (non-hydrogen) atoms. The third kappa shape index (κ3) is 7.17. The van der Waals surface area contributed by atoms with Crippen LogP contribution in [0.5, 0.6) is 0 Å². The van der Waals surface area contributed by atoms with Gasteiger partial charge < -0.3 is 14.6 Å². The third-order valence-corrected chi connectivity index (χ3v) is 6.08. The fourth-order valence-corrected chi connectivity index (χ4v) is 3.74. The van der Waals surface area contributed by atoms with E-state index in [1.807, 2.05) is 79.7 Å². The first-order valence-corrected chi connectivity index (χ1v) is 12.5. The molecule has 1 aromatic heterocycles. The van der Waals surface area contributed by atoms with Crippen molar-refractivity contribution in [1.29, 1.82) is 0 Å². The highest BCUT2D eigenvalue weighted by molar-refractivity contribution is 14.1. The van der Waals surface area contributed by atoms with Crippen molar-refractivity contribution >= 4 is 52.4 Å². The molecule has 0 fully saturated rings. The van der Waals surface area contributed by atoms with Crippen LogP contribution in [0.1, 0.15) is 21.7 Å². The number of carbonyl (C=O) groups is 2. The van der Waals surface area contributed by atoms with Crippen LogP contribution in [0, 0.1) is 3.57 Å². The first-order valence-electron chi connectivity index (χ1n) is 11.4. The number of rotatable bonds is 8. The van der Waals surface area contributed by atoms with Crippen LogP contribution < -0.4 is 15.6 Å². The van der Waals surface area contributed by atoms with Gasteiger partial charge in [0.2, 0.25) is 0 Å². The molecule has 0 unspecified atom stereocenters. The van der Waals surface area contributed by atoms with Crippen LogP contribution in [-0.2, 0) is 4.79 Å². The predicted molar refractivity (Wildman–Crippen MR) is 155 cm³/mol. The Morgan fingerprint density at radius 1 is 0.892 bits per heavy atom. The van der Waals surface area contributed by atoms with Crippen molar-refractivity contribution in [3.05, 3.63) is 117 Å². The van der Waals surface area contributed by atoms with Gasteiger partial charge in [-0.25, -0.2) is 5.43 Å². The Labute approximate surface area is 229 Å². The second-order valence-corrected chi connectivity index (χ2v) is 9.52. The molecule has 4 rings (SSSR count). The maximum atomic E-state index is 13.0. The SMILES string of the molecule is CN(C)c1ccc(/C=C(/NC(=O)c2ccccc2)C(=O)N/N=C\c2ccc(-c3ccc(I)cc3)o2)cc1. The van der Waals surface area contributed by atoms with E-state index < -0.39 is 11.8 Å². The third-order valence-electron chi connectivity index (χ3n) is 5.36. The molecule has 0 saturated heterocycles. The molecule has 0 radical (unpaired) electrons. The highest BCUT2D eigenvalue weighted by atomic mass is 127. The lowest BCUT2D eigenvalue weighted by Crippen LogP contribution is -2.32. The zero-order valence-electron chi connectivity index (χ0n) is 20.3. The number of hydrazone groups is 1. The topological polar surface area (TPSA) is 86.9 Å². The van der Waals surface area contributed by atoms with Crippen LogP contribution in [-0.4, -0.2) is 32.1 Å².